The topological polar surface area (TPSA) is 66.0 Å². The summed E-state index contributed by atoms with van der Waals surface area (Å²) in [6.07, 6.45) is 3.14. The van der Waals surface area contributed by atoms with Crippen LogP contribution in [0.3, 0.4) is 0 Å². The number of hydrogen-bond donors (Lipinski definition) is 1. The van der Waals surface area contributed by atoms with E-state index in [0.29, 0.717) is 11.3 Å². The second-order valence-corrected chi connectivity index (χ2v) is 3.13. The second-order valence-electron chi connectivity index (χ2n) is 3.13. The Kier molecular flexibility index (Phi) is 2.82. The number of nitrogens with zero attached hydrogens (tertiary/aromatic N) is 3. The van der Waals surface area contributed by atoms with Crippen LogP contribution in [0.15, 0.2) is 24.5 Å². The second kappa shape index (κ2) is 4.28. The van der Waals surface area contributed by atoms with Gasteiger partial charge >= 0.3 is 0 Å². The van der Waals surface area contributed by atoms with E-state index in [1.807, 2.05) is 0 Å². The minimum atomic E-state index is -0.460. The minimum absolute atomic E-state index is 0.0677. The lowest BCUT2D eigenvalue weighted by atomic mass is 10.1. The predicted molar refractivity (Wildman–Crippen MR) is 55.8 cm³/mol. The summed E-state index contributed by atoms with van der Waals surface area (Å²) in [5.41, 5.74) is 6.44. The lowest BCUT2D eigenvalue weighted by Gasteiger charge is -2.11. The van der Waals surface area contributed by atoms with Gasteiger partial charge in [0.1, 0.15) is 0 Å². The Morgan fingerprint density at radius 2 is 2.31 bits per heavy atom. The maximum absolute atomic E-state index is 13.9. The monoisotopic (exact) mass is 222 g/mol. The standard InChI is InChI=1S/C10H11FN4O/c1-16-9-3-2-8(7(6-12)10(9)11)15-5-4-13-14-15/h2-5H,6,12H2,1H3. The van der Waals surface area contributed by atoms with Crippen molar-refractivity contribution < 1.29 is 9.13 Å². The van der Waals surface area contributed by atoms with Gasteiger partial charge in [0, 0.05) is 12.1 Å². The van der Waals surface area contributed by atoms with Gasteiger partial charge in [-0.05, 0) is 12.1 Å². The van der Waals surface area contributed by atoms with Crippen LogP contribution in [0.2, 0.25) is 0 Å². The quantitative estimate of drug-likeness (QED) is 0.837. The molecule has 84 valence electrons. The SMILES string of the molecule is COc1ccc(-n2ccnn2)c(CN)c1F. The van der Waals surface area contributed by atoms with Crippen LogP contribution in [-0.2, 0) is 6.54 Å². The first-order chi connectivity index (χ1) is 7.77. The summed E-state index contributed by atoms with van der Waals surface area (Å²) in [7, 11) is 1.41. The molecule has 2 rings (SSSR count). The summed E-state index contributed by atoms with van der Waals surface area (Å²) in [4.78, 5) is 0. The van der Waals surface area contributed by atoms with Crippen molar-refractivity contribution in [1.29, 1.82) is 0 Å². The molecule has 0 spiro atoms. The Morgan fingerprint density at radius 1 is 1.50 bits per heavy atom. The molecule has 1 aromatic heterocycles. The number of ether oxygens (including phenoxy) is 1. The molecule has 1 aromatic carbocycles. The summed E-state index contributed by atoms with van der Waals surface area (Å²) in [6, 6.07) is 3.23. The van der Waals surface area contributed by atoms with Gasteiger partial charge in [0.25, 0.3) is 0 Å². The number of halogens is 1. The molecule has 0 radical (unpaired) electrons. The third-order valence-corrected chi connectivity index (χ3v) is 2.28. The molecule has 0 saturated heterocycles. The summed E-state index contributed by atoms with van der Waals surface area (Å²) in [5, 5.41) is 7.46. The molecule has 0 bridgehead atoms. The molecule has 0 fully saturated rings. The Morgan fingerprint density at radius 3 is 2.88 bits per heavy atom. The van der Waals surface area contributed by atoms with Crippen molar-refractivity contribution in [1.82, 2.24) is 15.0 Å². The molecule has 0 aliphatic heterocycles. The summed E-state index contributed by atoms with van der Waals surface area (Å²) in [5.74, 6) is -0.290. The molecule has 6 heteroatoms. The van der Waals surface area contributed by atoms with Gasteiger partial charge in [-0.3, -0.25) is 0 Å². The zero-order chi connectivity index (χ0) is 11.5. The molecule has 0 saturated carbocycles. The summed E-state index contributed by atoms with van der Waals surface area (Å²) >= 11 is 0. The highest BCUT2D eigenvalue weighted by Crippen LogP contribution is 2.25. The first-order valence-electron chi connectivity index (χ1n) is 4.70. The molecule has 0 aliphatic carbocycles. The van der Waals surface area contributed by atoms with E-state index in [9.17, 15) is 4.39 Å². The summed E-state index contributed by atoms with van der Waals surface area (Å²) in [6.45, 7) is 0.0677. The van der Waals surface area contributed by atoms with Gasteiger partial charge in [0.05, 0.1) is 25.2 Å². The Bertz CT molecular complexity index is 484. The van der Waals surface area contributed by atoms with Crippen molar-refractivity contribution in [2.45, 2.75) is 6.54 Å². The van der Waals surface area contributed by atoms with Gasteiger partial charge in [-0.15, -0.1) is 5.10 Å². The molecule has 0 aliphatic rings. The zero-order valence-corrected chi connectivity index (χ0v) is 8.72. The highest BCUT2D eigenvalue weighted by atomic mass is 19.1. The number of aromatic nitrogens is 3. The normalized spacial score (nSPS) is 10.4. The first-order valence-corrected chi connectivity index (χ1v) is 4.70. The highest BCUT2D eigenvalue weighted by molar-refractivity contribution is 5.46. The Labute approximate surface area is 91.6 Å². The van der Waals surface area contributed by atoms with E-state index < -0.39 is 5.82 Å². The van der Waals surface area contributed by atoms with Gasteiger partial charge in [-0.25, -0.2) is 9.07 Å². The molecular formula is C10H11FN4O. The molecule has 16 heavy (non-hydrogen) atoms. The molecule has 2 N–H and O–H groups in total. The predicted octanol–water partition coefficient (Wildman–Crippen LogP) is 0.874. The van der Waals surface area contributed by atoms with E-state index in [-0.39, 0.29) is 12.3 Å². The Balaban J connectivity index is 2.59. The number of nitrogens with two attached hydrogens (primary N) is 1. The van der Waals surface area contributed by atoms with Crippen molar-refractivity contribution in [3.05, 3.63) is 35.9 Å². The lowest BCUT2D eigenvalue weighted by molar-refractivity contribution is 0.384. The lowest BCUT2D eigenvalue weighted by Crippen LogP contribution is -2.09. The molecule has 0 atom stereocenters. The largest absolute Gasteiger partial charge is 0.494 e. The Hall–Kier alpha value is -1.95. The maximum Gasteiger partial charge on any atom is 0.171 e. The highest BCUT2D eigenvalue weighted by Gasteiger charge is 2.14. The van der Waals surface area contributed by atoms with Crippen LogP contribution in [0.25, 0.3) is 5.69 Å². The van der Waals surface area contributed by atoms with Crippen LogP contribution in [0.5, 0.6) is 5.75 Å². The van der Waals surface area contributed by atoms with E-state index >= 15 is 0 Å². The number of rotatable bonds is 3. The molecule has 2 aromatic rings. The van der Waals surface area contributed by atoms with Crippen molar-refractivity contribution in [3.8, 4) is 11.4 Å². The van der Waals surface area contributed by atoms with E-state index in [4.69, 9.17) is 10.5 Å². The fourth-order valence-corrected chi connectivity index (χ4v) is 1.49. The van der Waals surface area contributed by atoms with Crippen LogP contribution < -0.4 is 10.5 Å². The van der Waals surface area contributed by atoms with Gasteiger partial charge in [-0.2, -0.15) is 0 Å². The van der Waals surface area contributed by atoms with E-state index in [1.54, 1.807) is 12.3 Å². The van der Waals surface area contributed by atoms with E-state index in [1.165, 1.54) is 24.1 Å². The smallest absolute Gasteiger partial charge is 0.171 e. The third-order valence-electron chi connectivity index (χ3n) is 2.28. The molecule has 1 heterocycles. The minimum Gasteiger partial charge on any atom is -0.494 e. The number of methoxy groups -OCH3 is 1. The maximum atomic E-state index is 13.9. The van der Waals surface area contributed by atoms with Crippen LogP contribution in [0, 0.1) is 5.82 Å². The van der Waals surface area contributed by atoms with Crippen LogP contribution in [0.1, 0.15) is 5.56 Å². The van der Waals surface area contributed by atoms with Gasteiger partial charge in [-0.1, -0.05) is 5.21 Å². The van der Waals surface area contributed by atoms with Crippen molar-refractivity contribution in [2.24, 2.45) is 5.73 Å². The van der Waals surface area contributed by atoms with Crippen LogP contribution >= 0.6 is 0 Å². The van der Waals surface area contributed by atoms with E-state index in [0.717, 1.165) is 0 Å². The summed E-state index contributed by atoms with van der Waals surface area (Å²) < 4.78 is 20.2. The van der Waals surface area contributed by atoms with E-state index in [2.05, 4.69) is 10.3 Å². The van der Waals surface area contributed by atoms with Gasteiger partial charge < -0.3 is 10.5 Å². The molecular weight excluding hydrogens is 211 g/mol. The number of hydrogen-bond acceptors (Lipinski definition) is 4. The van der Waals surface area contributed by atoms with Gasteiger partial charge in [0.2, 0.25) is 0 Å². The van der Waals surface area contributed by atoms with Crippen LogP contribution in [0.4, 0.5) is 4.39 Å². The van der Waals surface area contributed by atoms with Crippen molar-refractivity contribution in [3.63, 3.8) is 0 Å². The zero-order valence-electron chi connectivity index (χ0n) is 8.72. The van der Waals surface area contributed by atoms with Gasteiger partial charge in [0.15, 0.2) is 11.6 Å². The molecule has 0 unspecified atom stereocenters. The average Bonchev–Trinajstić information content (AvgIpc) is 2.82. The molecule has 5 nitrogen and oxygen atoms in total. The fraction of sp³-hybridized carbons (Fsp3) is 0.200. The van der Waals surface area contributed by atoms with Crippen molar-refractivity contribution >= 4 is 0 Å². The first kappa shape index (κ1) is 10.6. The average molecular weight is 222 g/mol. The number of benzene rings is 1. The van der Waals surface area contributed by atoms with Crippen LogP contribution in [-0.4, -0.2) is 22.1 Å². The third kappa shape index (κ3) is 1.63. The van der Waals surface area contributed by atoms with Crippen molar-refractivity contribution in [2.75, 3.05) is 7.11 Å². The molecule has 0 amide bonds. The fourth-order valence-electron chi connectivity index (χ4n) is 1.49.